The fourth-order valence-corrected chi connectivity index (χ4v) is 2.90. The molecule has 0 radical (unpaired) electrons. The van der Waals surface area contributed by atoms with Crippen molar-refractivity contribution in [3.05, 3.63) is 46.4 Å². The molecule has 18 heavy (non-hydrogen) atoms. The van der Waals surface area contributed by atoms with Crippen LogP contribution in [-0.4, -0.2) is 17.3 Å². The average molecular weight is 258 g/mol. The summed E-state index contributed by atoms with van der Waals surface area (Å²) in [4.78, 5) is 18.6. The number of benzene rings is 1. The number of nitrogens with zero attached hydrogens (tertiary/aromatic N) is 2. The Morgan fingerprint density at radius 2 is 2.22 bits per heavy atom. The number of ketones is 1. The van der Waals surface area contributed by atoms with E-state index in [9.17, 15) is 4.79 Å². The maximum Gasteiger partial charge on any atom is 0.165 e. The van der Waals surface area contributed by atoms with Gasteiger partial charge in [-0.05, 0) is 18.6 Å². The van der Waals surface area contributed by atoms with Crippen LogP contribution < -0.4 is 4.90 Å². The highest BCUT2D eigenvalue weighted by Crippen LogP contribution is 2.27. The highest BCUT2D eigenvalue weighted by molar-refractivity contribution is 7.07. The number of aromatic nitrogens is 1. The minimum atomic E-state index is 0.256. The summed E-state index contributed by atoms with van der Waals surface area (Å²) < 4.78 is 0. The lowest BCUT2D eigenvalue weighted by atomic mass is 10.1. The number of carbonyl (C=O) groups excluding carboxylic acids is 1. The zero-order valence-corrected chi connectivity index (χ0v) is 10.8. The van der Waals surface area contributed by atoms with Crippen molar-refractivity contribution in [2.24, 2.45) is 0 Å². The molecule has 92 valence electrons. The van der Waals surface area contributed by atoms with Crippen LogP contribution in [0.2, 0.25) is 0 Å². The van der Waals surface area contributed by atoms with Gasteiger partial charge >= 0.3 is 0 Å². The fourth-order valence-electron chi connectivity index (χ4n) is 2.35. The van der Waals surface area contributed by atoms with Crippen molar-refractivity contribution >= 4 is 22.8 Å². The van der Waals surface area contributed by atoms with Crippen molar-refractivity contribution < 1.29 is 4.79 Å². The monoisotopic (exact) mass is 258 g/mol. The van der Waals surface area contributed by atoms with Crippen LogP contribution in [0.15, 0.2) is 35.2 Å². The zero-order chi connectivity index (χ0) is 12.4. The topological polar surface area (TPSA) is 33.2 Å². The average Bonchev–Trinajstić information content (AvgIpc) is 2.85. The van der Waals surface area contributed by atoms with E-state index in [4.69, 9.17) is 0 Å². The van der Waals surface area contributed by atoms with Crippen molar-refractivity contribution in [3.8, 4) is 0 Å². The van der Waals surface area contributed by atoms with Crippen LogP contribution in [0.1, 0.15) is 28.9 Å². The fraction of sp³-hybridized carbons (Fsp3) is 0.286. The van der Waals surface area contributed by atoms with Gasteiger partial charge in [-0.1, -0.05) is 12.1 Å². The Morgan fingerprint density at radius 3 is 3.06 bits per heavy atom. The van der Waals surface area contributed by atoms with Gasteiger partial charge in [0.15, 0.2) is 5.78 Å². The predicted octanol–water partition coefficient (Wildman–Crippen LogP) is 3.13. The van der Waals surface area contributed by atoms with Crippen molar-refractivity contribution in [2.45, 2.75) is 19.4 Å². The minimum absolute atomic E-state index is 0.256. The molecule has 2 heterocycles. The first-order valence-corrected chi connectivity index (χ1v) is 7.03. The molecule has 0 saturated carbocycles. The molecule has 2 aromatic rings. The molecule has 0 saturated heterocycles. The van der Waals surface area contributed by atoms with Gasteiger partial charge in [-0.3, -0.25) is 4.79 Å². The van der Waals surface area contributed by atoms with Gasteiger partial charge in [-0.15, -0.1) is 11.3 Å². The van der Waals surface area contributed by atoms with E-state index in [1.807, 2.05) is 29.8 Å². The molecule has 0 fully saturated rings. The number of carbonyl (C=O) groups is 1. The molecule has 0 bridgehead atoms. The lowest BCUT2D eigenvalue weighted by molar-refractivity contribution is 0.0984. The molecule has 1 aliphatic rings. The van der Waals surface area contributed by atoms with Gasteiger partial charge in [0.05, 0.1) is 17.7 Å². The summed E-state index contributed by atoms with van der Waals surface area (Å²) in [7, 11) is 0. The van der Waals surface area contributed by atoms with Gasteiger partial charge in [0, 0.05) is 29.6 Å². The number of thiazole rings is 1. The quantitative estimate of drug-likeness (QED) is 0.829. The summed E-state index contributed by atoms with van der Waals surface area (Å²) in [6, 6.07) is 7.89. The zero-order valence-electron chi connectivity index (χ0n) is 10.0. The number of anilines is 1. The highest BCUT2D eigenvalue weighted by atomic mass is 32.1. The van der Waals surface area contributed by atoms with Gasteiger partial charge < -0.3 is 4.90 Å². The Hall–Kier alpha value is -1.68. The second kappa shape index (κ2) is 4.90. The van der Waals surface area contributed by atoms with E-state index in [0.29, 0.717) is 6.42 Å². The second-order valence-corrected chi connectivity index (χ2v) is 5.16. The molecule has 1 aliphatic heterocycles. The maximum absolute atomic E-state index is 12.0. The van der Waals surface area contributed by atoms with E-state index in [1.165, 1.54) is 0 Å². The number of fused-ring (bicyclic) bond motifs is 1. The first-order valence-electron chi connectivity index (χ1n) is 6.09. The molecule has 0 spiro atoms. The van der Waals surface area contributed by atoms with E-state index >= 15 is 0 Å². The van der Waals surface area contributed by atoms with Crippen LogP contribution in [0.25, 0.3) is 0 Å². The molecule has 4 heteroatoms. The van der Waals surface area contributed by atoms with Crippen LogP contribution >= 0.6 is 11.3 Å². The Kier molecular flexibility index (Phi) is 3.11. The molecule has 3 nitrogen and oxygen atoms in total. The highest BCUT2D eigenvalue weighted by Gasteiger charge is 2.20. The Bertz CT molecular complexity index is 551. The largest absolute Gasteiger partial charge is 0.365 e. The van der Waals surface area contributed by atoms with E-state index < -0.39 is 0 Å². The maximum atomic E-state index is 12.0. The first kappa shape index (κ1) is 11.4. The standard InChI is InChI=1S/C14H14N2OS/c17-14-6-3-7-16(8-11-9-18-10-15-11)13-5-2-1-4-12(13)14/h1-2,4-5,9-10H,3,6-8H2. The molecule has 0 aliphatic carbocycles. The second-order valence-electron chi connectivity index (χ2n) is 4.45. The molecule has 0 unspecified atom stereocenters. The van der Waals surface area contributed by atoms with E-state index in [2.05, 4.69) is 15.3 Å². The van der Waals surface area contributed by atoms with Crippen LogP contribution in [0, 0.1) is 0 Å². The minimum Gasteiger partial charge on any atom is -0.365 e. The summed E-state index contributed by atoms with van der Waals surface area (Å²) in [5.74, 6) is 0.256. The summed E-state index contributed by atoms with van der Waals surface area (Å²) >= 11 is 1.61. The first-order chi connectivity index (χ1) is 8.84. The summed E-state index contributed by atoms with van der Waals surface area (Å²) in [5.41, 5.74) is 4.83. The lowest BCUT2D eigenvalue weighted by Crippen LogP contribution is -2.23. The third kappa shape index (κ3) is 2.16. The van der Waals surface area contributed by atoms with Crippen molar-refractivity contribution in [2.75, 3.05) is 11.4 Å². The third-order valence-electron chi connectivity index (χ3n) is 3.21. The van der Waals surface area contributed by atoms with E-state index in [0.717, 1.165) is 36.5 Å². The van der Waals surface area contributed by atoms with Crippen molar-refractivity contribution in [3.63, 3.8) is 0 Å². The number of hydrogen-bond donors (Lipinski definition) is 0. The van der Waals surface area contributed by atoms with Gasteiger partial charge in [0.1, 0.15) is 0 Å². The molecule has 0 atom stereocenters. The summed E-state index contributed by atoms with van der Waals surface area (Å²) in [6.45, 7) is 1.70. The summed E-state index contributed by atoms with van der Waals surface area (Å²) in [5, 5.41) is 2.06. The third-order valence-corrected chi connectivity index (χ3v) is 3.85. The molecule has 0 amide bonds. The number of hydrogen-bond acceptors (Lipinski definition) is 4. The van der Waals surface area contributed by atoms with Crippen LogP contribution in [-0.2, 0) is 6.54 Å². The normalized spacial score (nSPS) is 15.3. The van der Waals surface area contributed by atoms with E-state index in [-0.39, 0.29) is 5.78 Å². The number of rotatable bonds is 2. The molecular weight excluding hydrogens is 244 g/mol. The van der Waals surface area contributed by atoms with Crippen LogP contribution in [0.3, 0.4) is 0 Å². The van der Waals surface area contributed by atoms with Gasteiger partial charge in [-0.2, -0.15) is 0 Å². The van der Waals surface area contributed by atoms with Crippen molar-refractivity contribution in [1.82, 2.24) is 4.98 Å². The molecule has 0 N–H and O–H groups in total. The Morgan fingerprint density at radius 1 is 1.33 bits per heavy atom. The lowest BCUT2D eigenvalue weighted by Gasteiger charge is -2.23. The molecular formula is C14H14N2OS. The molecule has 1 aromatic carbocycles. The number of para-hydroxylation sites is 1. The molecule has 3 rings (SSSR count). The Balaban J connectivity index is 1.95. The molecule has 1 aromatic heterocycles. The van der Waals surface area contributed by atoms with Gasteiger partial charge in [0.25, 0.3) is 0 Å². The van der Waals surface area contributed by atoms with Crippen LogP contribution in [0.5, 0.6) is 0 Å². The van der Waals surface area contributed by atoms with Crippen molar-refractivity contribution in [1.29, 1.82) is 0 Å². The Labute approximate surface area is 110 Å². The summed E-state index contributed by atoms with van der Waals surface area (Å²) in [6.07, 6.45) is 1.56. The number of Topliss-reactive ketones (excluding diaryl/α,β-unsaturated/α-hetero) is 1. The predicted molar refractivity (Wildman–Crippen MR) is 73.2 cm³/mol. The van der Waals surface area contributed by atoms with Gasteiger partial charge in [0.2, 0.25) is 0 Å². The van der Waals surface area contributed by atoms with Gasteiger partial charge in [-0.25, -0.2) is 4.98 Å². The smallest absolute Gasteiger partial charge is 0.165 e. The van der Waals surface area contributed by atoms with Crippen LogP contribution in [0.4, 0.5) is 5.69 Å². The van der Waals surface area contributed by atoms with E-state index in [1.54, 1.807) is 11.3 Å². The SMILES string of the molecule is O=C1CCCN(Cc2cscn2)c2ccccc21.